The molecule has 2 aliphatic heterocycles. The fraction of sp³-hybridized carbons (Fsp3) is 0.318. The third-order valence-electron chi connectivity index (χ3n) is 5.08. The summed E-state index contributed by atoms with van der Waals surface area (Å²) in [4.78, 5) is 32.3. The third kappa shape index (κ3) is 2.92. The van der Waals surface area contributed by atoms with E-state index in [1.165, 1.54) is 16.7 Å². The molecule has 2 aromatic rings. The van der Waals surface area contributed by atoms with Gasteiger partial charge >= 0.3 is 0 Å². The Labute approximate surface area is 169 Å². The zero-order valence-corrected chi connectivity index (χ0v) is 17.3. The summed E-state index contributed by atoms with van der Waals surface area (Å²) in [7, 11) is 0. The van der Waals surface area contributed by atoms with Crippen LogP contribution in [0.1, 0.15) is 36.2 Å². The molecule has 2 N–H and O–H groups in total. The van der Waals surface area contributed by atoms with Crippen LogP contribution in [0.2, 0.25) is 0 Å². The van der Waals surface area contributed by atoms with Gasteiger partial charge < -0.3 is 5.73 Å². The van der Waals surface area contributed by atoms with Crippen molar-refractivity contribution in [2.75, 3.05) is 4.90 Å². The summed E-state index contributed by atoms with van der Waals surface area (Å²) in [5, 5.41) is 0.0931. The van der Waals surface area contributed by atoms with Gasteiger partial charge in [-0.2, -0.15) is 0 Å². The average Bonchev–Trinajstić information content (AvgIpc) is 2.86. The van der Waals surface area contributed by atoms with Crippen LogP contribution in [0.4, 0.5) is 5.69 Å². The van der Waals surface area contributed by atoms with E-state index < -0.39 is 5.25 Å². The van der Waals surface area contributed by atoms with Crippen LogP contribution in [0.25, 0.3) is 5.70 Å². The van der Waals surface area contributed by atoms with Gasteiger partial charge in [0.25, 0.3) is 11.8 Å². The molecule has 1 saturated heterocycles. The van der Waals surface area contributed by atoms with Crippen LogP contribution >= 0.6 is 11.8 Å². The molecular weight excluding hydrogens is 370 g/mol. The average molecular weight is 394 g/mol. The highest BCUT2D eigenvalue weighted by Gasteiger charge is 2.49. The van der Waals surface area contributed by atoms with Gasteiger partial charge in [0.05, 0.1) is 17.0 Å². The summed E-state index contributed by atoms with van der Waals surface area (Å²) in [5.74, 6) is -0.0947. The van der Waals surface area contributed by atoms with Crippen molar-refractivity contribution in [2.45, 2.75) is 44.4 Å². The maximum atomic E-state index is 13.2. The van der Waals surface area contributed by atoms with Crippen molar-refractivity contribution >= 4 is 35.0 Å². The number of hydrogen-bond acceptors (Lipinski definition) is 5. The second kappa shape index (κ2) is 6.78. The summed E-state index contributed by atoms with van der Waals surface area (Å²) in [5.41, 5.74) is 11.4. The van der Waals surface area contributed by atoms with E-state index in [0.717, 1.165) is 33.8 Å². The van der Waals surface area contributed by atoms with Crippen LogP contribution in [0.5, 0.6) is 0 Å². The van der Waals surface area contributed by atoms with Gasteiger partial charge in [-0.25, -0.2) is 9.88 Å². The molecule has 1 aromatic carbocycles. The van der Waals surface area contributed by atoms with Crippen molar-refractivity contribution in [1.29, 1.82) is 0 Å². The van der Waals surface area contributed by atoms with Crippen molar-refractivity contribution in [3.05, 3.63) is 58.3 Å². The topological polar surface area (TPSA) is 76.3 Å². The molecule has 6 heteroatoms. The standard InChI is InChI=1S/C22H23N3O2S/c1-11(2)9-14-6-7-15-18(23)17-19(28-20(15)24-14)22(27)25(21(17)26)16-8-5-12(3)10-13(16)4/h5-8,10-11,19H,9,23H2,1-4H3/t19-/m1/s1. The summed E-state index contributed by atoms with van der Waals surface area (Å²) in [6.45, 7) is 8.17. The number of nitrogens with two attached hydrogens (primary N) is 1. The summed E-state index contributed by atoms with van der Waals surface area (Å²) in [6, 6.07) is 9.58. The predicted octanol–water partition coefficient (Wildman–Crippen LogP) is 3.61. The van der Waals surface area contributed by atoms with Gasteiger partial charge in [-0.3, -0.25) is 9.59 Å². The van der Waals surface area contributed by atoms with Crippen molar-refractivity contribution in [3.8, 4) is 0 Å². The first-order valence-corrected chi connectivity index (χ1v) is 10.3. The molecule has 4 rings (SSSR count). The number of carbonyl (C=O) groups excluding carboxylic acids is 2. The number of fused-ring (bicyclic) bond motifs is 2. The van der Waals surface area contributed by atoms with Crippen molar-refractivity contribution in [3.63, 3.8) is 0 Å². The highest BCUT2D eigenvalue weighted by atomic mass is 32.2. The number of hydrogen-bond donors (Lipinski definition) is 1. The van der Waals surface area contributed by atoms with Crippen LogP contribution in [0, 0.1) is 19.8 Å². The van der Waals surface area contributed by atoms with Crippen LogP contribution in [-0.2, 0) is 16.0 Å². The lowest BCUT2D eigenvalue weighted by Crippen LogP contribution is -2.31. The molecule has 0 radical (unpaired) electrons. The van der Waals surface area contributed by atoms with Gasteiger partial charge in [0.1, 0.15) is 10.3 Å². The molecule has 28 heavy (non-hydrogen) atoms. The van der Waals surface area contributed by atoms with Gasteiger partial charge in [-0.15, -0.1) is 0 Å². The van der Waals surface area contributed by atoms with E-state index >= 15 is 0 Å². The fourth-order valence-corrected chi connectivity index (χ4v) is 5.04. The van der Waals surface area contributed by atoms with Gasteiger partial charge in [-0.1, -0.05) is 43.3 Å². The molecule has 0 unspecified atom stereocenters. The number of nitrogens with zero attached hydrogens (tertiary/aromatic N) is 2. The smallest absolute Gasteiger partial charge is 0.264 e. The quantitative estimate of drug-likeness (QED) is 0.806. The van der Waals surface area contributed by atoms with Crippen LogP contribution in [0.15, 0.2) is 40.9 Å². The number of aromatic nitrogens is 1. The number of amides is 2. The Morgan fingerprint density at radius 2 is 1.93 bits per heavy atom. The normalized spacial score (nSPS) is 18.8. The minimum Gasteiger partial charge on any atom is -0.398 e. The Bertz CT molecular complexity index is 1040. The van der Waals surface area contributed by atoms with E-state index in [-0.39, 0.29) is 11.8 Å². The third-order valence-corrected chi connectivity index (χ3v) is 6.29. The first-order valence-electron chi connectivity index (χ1n) is 9.40. The van der Waals surface area contributed by atoms with E-state index in [9.17, 15) is 9.59 Å². The number of thioether (sulfide) groups is 1. The maximum Gasteiger partial charge on any atom is 0.264 e. The number of benzene rings is 1. The van der Waals surface area contributed by atoms with E-state index in [4.69, 9.17) is 10.7 Å². The number of rotatable bonds is 3. The molecule has 5 nitrogen and oxygen atoms in total. The predicted molar refractivity (Wildman–Crippen MR) is 112 cm³/mol. The highest BCUT2D eigenvalue weighted by molar-refractivity contribution is 8.01. The van der Waals surface area contributed by atoms with Crippen LogP contribution in [0.3, 0.4) is 0 Å². The Morgan fingerprint density at radius 1 is 1.18 bits per heavy atom. The minimum absolute atomic E-state index is 0.249. The number of anilines is 1. The molecule has 1 atom stereocenters. The zero-order valence-electron chi connectivity index (χ0n) is 16.4. The molecule has 2 aliphatic rings. The number of imide groups is 1. The Morgan fingerprint density at radius 3 is 2.61 bits per heavy atom. The van der Waals surface area contributed by atoms with E-state index in [0.29, 0.717) is 22.9 Å². The van der Waals surface area contributed by atoms with Crippen molar-refractivity contribution < 1.29 is 9.59 Å². The van der Waals surface area contributed by atoms with Gasteiger partial charge in [0.2, 0.25) is 0 Å². The maximum absolute atomic E-state index is 13.2. The molecule has 0 bridgehead atoms. The van der Waals surface area contributed by atoms with E-state index in [1.54, 1.807) is 0 Å². The Balaban J connectivity index is 1.77. The van der Waals surface area contributed by atoms with E-state index in [2.05, 4.69) is 13.8 Å². The monoisotopic (exact) mass is 393 g/mol. The van der Waals surface area contributed by atoms with Crippen molar-refractivity contribution in [2.24, 2.45) is 11.7 Å². The molecule has 144 valence electrons. The lowest BCUT2D eigenvalue weighted by Gasteiger charge is -2.20. The summed E-state index contributed by atoms with van der Waals surface area (Å²) in [6.07, 6.45) is 0.858. The number of carbonyl (C=O) groups is 2. The molecule has 0 spiro atoms. The zero-order chi connectivity index (χ0) is 20.2. The van der Waals surface area contributed by atoms with Crippen LogP contribution < -0.4 is 10.6 Å². The molecule has 3 heterocycles. The van der Waals surface area contributed by atoms with Crippen LogP contribution in [-0.4, -0.2) is 22.0 Å². The van der Waals surface area contributed by atoms with Crippen molar-refractivity contribution in [1.82, 2.24) is 4.98 Å². The fourth-order valence-electron chi connectivity index (χ4n) is 3.79. The number of aryl methyl sites for hydroxylation is 2. The second-order valence-electron chi connectivity index (χ2n) is 7.85. The second-order valence-corrected chi connectivity index (χ2v) is 8.94. The summed E-state index contributed by atoms with van der Waals surface area (Å²) < 4.78 is 0. The molecule has 1 aromatic heterocycles. The molecule has 2 amide bonds. The van der Waals surface area contributed by atoms with Gasteiger partial charge in [0, 0.05) is 11.3 Å². The molecule has 0 aliphatic carbocycles. The molecule has 0 saturated carbocycles. The lowest BCUT2D eigenvalue weighted by molar-refractivity contribution is -0.120. The highest BCUT2D eigenvalue weighted by Crippen LogP contribution is 2.45. The number of pyridine rings is 1. The SMILES string of the molecule is Cc1ccc(N2C(=O)C3=C(N)c4ccc(CC(C)C)nc4S[C@H]3C2=O)c(C)c1. The molecular formula is C22H23N3O2S. The first kappa shape index (κ1) is 18.7. The first-order chi connectivity index (χ1) is 13.3. The Kier molecular flexibility index (Phi) is 4.54. The van der Waals surface area contributed by atoms with Gasteiger partial charge in [-0.05, 0) is 49.9 Å². The Hall–Kier alpha value is -2.60. The minimum atomic E-state index is -0.637. The lowest BCUT2D eigenvalue weighted by atomic mass is 10.0. The van der Waals surface area contributed by atoms with Gasteiger partial charge in [0.15, 0.2) is 0 Å². The largest absolute Gasteiger partial charge is 0.398 e. The summed E-state index contributed by atoms with van der Waals surface area (Å²) >= 11 is 1.33. The van der Waals surface area contributed by atoms with E-state index in [1.807, 2.05) is 44.2 Å². The molecule has 1 fully saturated rings.